The van der Waals surface area contributed by atoms with Crippen molar-refractivity contribution in [2.45, 2.75) is 26.2 Å². The van der Waals surface area contributed by atoms with Gasteiger partial charge in [0.15, 0.2) is 0 Å². The summed E-state index contributed by atoms with van der Waals surface area (Å²) in [6, 6.07) is 0. The lowest BCUT2D eigenvalue weighted by molar-refractivity contribution is -0.358. The normalized spacial score (nSPS) is 11.9. The first-order chi connectivity index (χ1) is 4.50. The number of aromatic nitrogens is 2. The number of H-pyrrole nitrogens is 2. The van der Waals surface area contributed by atoms with Gasteiger partial charge in [-0.3, -0.25) is 5.73 Å². The van der Waals surface area contributed by atoms with E-state index in [1.807, 2.05) is 6.20 Å². The molecular formula is C7H14N3+. The Hall–Kier alpha value is -0.990. The minimum atomic E-state index is 0.147. The molecule has 0 atom stereocenters. The number of nitrogen functional groups attached to an aromatic ring is 1. The van der Waals surface area contributed by atoms with Crippen LogP contribution in [-0.2, 0) is 5.41 Å². The van der Waals surface area contributed by atoms with Gasteiger partial charge in [0.25, 0.3) is 0 Å². The smallest absolute Gasteiger partial charge is 0.290 e. The van der Waals surface area contributed by atoms with E-state index < -0.39 is 0 Å². The highest BCUT2D eigenvalue weighted by atomic mass is 15.0. The average Bonchev–Trinajstić information content (AvgIpc) is 2.11. The highest BCUT2D eigenvalue weighted by Gasteiger charge is 2.18. The van der Waals surface area contributed by atoms with Crippen molar-refractivity contribution in [1.82, 2.24) is 4.98 Å². The van der Waals surface area contributed by atoms with Gasteiger partial charge < -0.3 is 0 Å². The molecule has 0 radical (unpaired) electrons. The third kappa shape index (κ3) is 1.29. The lowest BCUT2D eigenvalue weighted by Gasteiger charge is -2.11. The highest BCUT2D eigenvalue weighted by molar-refractivity contribution is 5.15. The molecule has 0 spiro atoms. The van der Waals surface area contributed by atoms with Gasteiger partial charge >= 0.3 is 5.95 Å². The molecule has 0 aromatic carbocycles. The summed E-state index contributed by atoms with van der Waals surface area (Å²) >= 11 is 0. The molecule has 4 N–H and O–H groups in total. The molecule has 0 aliphatic rings. The molecule has 3 nitrogen and oxygen atoms in total. The molecule has 1 rings (SSSR count). The third-order valence-corrected chi connectivity index (χ3v) is 1.45. The van der Waals surface area contributed by atoms with Crippen LogP contribution in [0.4, 0.5) is 5.95 Å². The minimum Gasteiger partial charge on any atom is -0.290 e. The molecule has 3 heteroatoms. The molecule has 0 aliphatic heterocycles. The first-order valence-electron chi connectivity index (χ1n) is 3.37. The second-order valence-corrected chi connectivity index (χ2v) is 3.49. The van der Waals surface area contributed by atoms with E-state index >= 15 is 0 Å². The maximum absolute atomic E-state index is 5.46. The first kappa shape index (κ1) is 7.12. The van der Waals surface area contributed by atoms with Gasteiger partial charge in [0.05, 0.1) is 6.20 Å². The van der Waals surface area contributed by atoms with Gasteiger partial charge in [0, 0.05) is 5.41 Å². The zero-order chi connectivity index (χ0) is 7.78. The highest BCUT2D eigenvalue weighted by Crippen LogP contribution is 2.18. The number of rotatable bonds is 0. The Labute approximate surface area is 60.7 Å². The van der Waals surface area contributed by atoms with Crippen molar-refractivity contribution >= 4 is 5.95 Å². The number of aromatic amines is 2. The lowest BCUT2D eigenvalue weighted by atomic mass is 9.93. The summed E-state index contributed by atoms with van der Waals surface area (Å²) in [7, 11) is 0. The summed E-state index contributed by atoms with van der Waals surface area (Å²) in [4.78, 5) is 5.94. The molecule has 1 heterocycles. The molecule has 0 fully saturated rings. The van der Waals surface area contributed by atoms with Crippen LogP contribution < -0.4 is 10.7 Å². The second kappa shape index (κ2) is 2.01. The topological polar surface area (TPSA) is 55.9 Å². The summed E-state index contributed by atoms with van der Waals surface area (Å²) in [5.41, 5.74) is 6.74. The van der Waals surface area contributed by atoms with Gasteiger partial charge in [0.2, 0.25) is 0 Å². The van der Waals surface area contributed by atoms with E-state index in [1.165, 1.54) is 0 Å². The number of imidazole rings is 1. The summed E-state index contributed by atoms with van der Waals surface area (Å²) in [6.07, 6.45) is 1.90. The number of nitrogens with one attached hydrogen (secondary N) is 2. The van der Waals surface area contributed by atoms with Gasteiger partial charge in [0.1, 0.15) is 5.69 Å². The molecule has 10 heavy (non-hydrogen) atoms. The summed E-state index contributed by atoms with van der Waals surface area (Å²) in [6.45, 7) is 6.39. The zero-order valence-corrected chi connectivity index (χ0v) is 6.65. The molecule has 1 aromatic heterocycles. The number of nitrogens with two attached hydrogens (primary N) is 1. The van der Waals surface area contributed by atoms with E-state index in [1.54, 1.807) is 0 Å². The average molecular weight is 140 g/mol. The first-order valence-corrected chi connectivity index (χ1v) is 3.37. The van der Waals surface area contributed by atoms with Gasteiger partial charge in [-0.1, -0.05) is 20.8 Å². The van der Waals surface area contributed by atoms with Crippen molar-refractivity contribution in [3.63, 3.8) is 0 Å². The maximum Gasteiger partial charge on any atom is 0.350 e. The maximum atomic E-state index is 5.46. The van der Waals surface area contributed by atoms with Crippen LogP contribution in [0.2, 0.25) is 0 Å². The predicted molar refractivity (Wildman–Crippen MR) is 40.5 cm³/mol. The Morgan fingerprint density at radius 2 is 2.10 bits per heavy atom. The standard InChI is InChI=1S/C7H13N3/c1-7(2,3)5-4-9-6(8)10-5/h4H,1-3H3,(H3,8,9,10)/p+1. The molecule has 0 saturated heterocycles. The van der Waals surface area contributed by atoms with E-state index in [2.05, 4.69) is 30.7 Å². The van der Waals surface area contributed by atoms with E-state index in [-0.39, 0.29) is 5.41 Å². The molecule has 0 unspecified atom stereocenters. The molecule has 0 aliphatic carbocycles. The van der Waals surface area contributed by atoms with E-state index in [0.717, 1.165) is 5.69 Å². The Balaban J connectivity index is 2.96. The van der Waals surface area contributed by atoms with E-state index in [0.29, 0.717) is 5.95 Å². The van der Waals surface area contributed by atoms with Crippen LogP contribution in [0.3, 0.4) is 0 Å². The molecule has 0 amide bonds. The largest absolute Gasteiger partial charge is 0.350 e. The third-order valence-electron chi connectivity index (χ3n) is 1.45. The Bertz CT molecular complexity index is 219. The molecule has 0 saturated carbocycles. The molecular weight excluding hydrogens is 126 g/mol. The van der Waals surface area contributed by atoms with Gasteiger partial charge in [-0.05, 0) is 0 Å². The van der Waals surface area contributed by atoms with Crippen LogP contribution in [0.15, 0.2) is 6.20 Å². The predicted octanol–water partition coefficient (Wildman–Crippen LogP) is 0.709. The van der Waals surface area contributed by atoms with Crippen LogP contribution in [0.1, 0.15) is 26.5 Å². The van der Waals surface area contributed by atoms with Gasteiger partial charge in [-0.25, -0.2) is 9.97 Å². The van der Waals surface area contributed by atoms with Crippen LogP contribution in [0.25, 0.3) is 0 Å². The minimum absolute atomic E-state index is 0.147. The van der Waals surface area contributed by atoms with Crippen molar-refractivity contribution < 1.29 is 4.98 Å². The van der Waals surface area contributed by atoms with Crippen molar-refractivity contribution in [1.29, 1.82) is 0 Å². The van der Waals surface area contributed by atoms with Crippen molar-refractivity contribution in [2.75, 3.05) is 5.73 Å². The zero-order valence-electron chi connectivity index (χ0n) is 6.65. The van der Waals surface area contributed by atoms with E-state index in [4.69, 9.17) is 5.73 Å². The fourth-order valence-corrected chi connectivity index (χ4v) is 0.771. The lowest BCUT2D eigenvalue weighted by Crippen LogP contribution is -2.11. The molecule has 0 bridgehead atoms. The van der Waals surface area contributed by atoms with Gasteiger partial charge in [-0.2, -0.15) is 0 Å². The SMILES string of the molecule is CC(C)(C)c1c[nH+]c(N)[nH]1. The van der Waals surface area contributed by atoms with E-state index in [9.17, 15) is 0 Å². The Morgan fingerprint density at radius 3 is 2.30 bits per heavy atom. The van der Waals surface area contributed by atoms with Crippen molar-refractivity contribution in [3.05, 3.63) is 11.9 Å². The summed E-state index contributed by atoms with van der Waals surface area (Å²) in [5, 5.41) is 0. The fourth-order valence-electron chi connectivity index (χ4n) is 0.771. The van der Waals surface area contributed by atoms with Gasteiger partial charge in [-0.15, -0.1) is 0 Å². The summed E-state index contributed by atoms with van der Waals surface area (Å²) < 4.78 is 0. The number of hydrogen-bond acceptors (Lipinski definition) is 1. The Morgan fingerprint density at radius 1 is 1.50 bits per heavy atom. The van der Waals surface area contributed by atoms with Crippen molar-refractivity contribution in [2.24, 2.45) is 0 Å². The quantitative estimate of drug-likeness (QED) is 0.548. The molecule has 1 aromatic rings. The molecule has 56 valence electrons. The second-order valence-electron chi connectivity index (χ2n) is 3.49. The monoisotopic (exact) mass is 140 g/mol. The fraction of sp³-hybridized carbons (Fsp3) is 0.571. The van der Waals surface area contributed by atoms with Crippen LogP contribution in [-0.4, -0.2) is 4.98 Å². The van der Waals surface area contributed by atoms with Crippen LogP contribution >= 0.6 is 0 Å². The number of hydrogen-bond donors (Lipinski definition) is 2. The van der Waals surface area contributed by atoms with Crippen molar-refractivity contribution in [3.8, 4) is 0 Å². The Kier molecular flexibility index (Phi) is 1.43. The summed E-state index contributed by atoms with van der Waals surface area (Å²) in [5.74, 6) is 0.616. The van der Waals surface area contributed by atoms with Crippen LogP contribution in [0, 0.1) is 0 Å². The van der Waals surface area contributed by atoms with Crippen LogP contribution in [0.5, 0.6) is 0 Å². The number of anilines is 1.